The second kappa shape index (κ2) is 8.43. The van der Waals surface area contributed by atoms with Crippen molar-refractivity contribution in [2.45, 2.75) is 11.5 Å². The number of anilines is 1. The highest BCUT2D eigenvalue weighted by atomic mass is 35.5. The fourth-order valence-corrected chi connectivity index (χ4v) is 4.19. The van der Waals surface area contributed by atoms with Gasteiger partial charge in [0.1, 0.15) is 16.3 Å². The van der Waals surface area contributed by atoms with Crippen molar-refractivity contribution in [2.24, 2.45) is 0 Å². The zero-order valence-corrected chi connectivity index (χ0v) is 15.9. The van der Waals surface area contributed by atoms with Crippen molar-refractivity contribution in [2.75, 3.05) is 31.6 Å². The summed E-state index contributed by atoms with van der Waals surface area (Å²) in [4.78, 5) is 14.9. The summed E-state index contributed by atoms with van der Waals surface area (Å²) in [5.74, 6) is -0.851. The van der Waals surface area contributed by atoms with Crippen LogP contribution in [0, 0.1) is 0 Å². The minimum Gasteiger partial charge on any atom is -0.433 e. The number of nitrogens with zero attached hydrogens (tertiary/aromatic N) is 1. The fraction of sp³-hybridized carbons (Fsp3) is 0.312. The molecule has 0 unspecified atom stereocenters. The third-order valence-electron chi connectivity index (χ3n) is 3.91. The Bertz CT molecular complexity index is 961. The zero-order valence-electron chi connectivity index (χ0n) is 14.3. The predicted molar refractivity (Wildman–Crippen MR) is 96.4 cm³/mol. The molecule has 2 N–H and O–H groups in total. The average molecular weight is 436 g/mol. The Morgan fingerprint density at radius 2 is 2.00 bits per heavy atom. The zero-order chi connectivity index (χ0) is 20.3. The van der Waals surface area contributed by atoms with E-state index in [1.807, 2.05) is 0 Å². The van der Waals surface area contributed by atoms with Crippen molar-refractivity contribution in [1.29, 1.82) is 0 Å². The van der Waals surface area contributed by atoms with Gasteiger partial charge in [-0.3, -0.25) is 4.79 Å². The number of halogens is 3. The summed E-state index contributed by atoms with van der Waals surface area (Å²) >= 11 is 5.84. The van der Waals surface area contributed by atoms with Crippen molar-refractivity contribution in [3.05, 3.63) is 41.2 Å². The van der Waals surface area contributed by atoms with Gasteiger partial charge in [-0.1, -0.05) is 11.6 Å². The van der Waals surface area contributed by atoms with E-state index in [4.69, 9.17) is 16.3 Å². The van der Waals surface area contributed by atoms with E-state index in [1.165, 1.54) is 34.8 Å². The molecule has 1 aliphatic rings. The van der Waals surface area contributed by atoms with Crippen molar-refractivity contribution < 1.29 is 31.5 Å². The summed E-state index contributed by atoms with van der Waals surface area (Å²) in [5, 5.41) is 2.39. The highest BCUT2D eigenvalue weighted by Crippen LogP contribution is 2.29. The third-order valence-corrected chi connectivity index (χ3v) is 6.09. The summed E-state index contributed by atoms with van der Waals surface area (Å²) in [6.45, 7) is -1.93. The van der Waals surface area contributed by atoms with E-state index < -0.39 is 22.5 Å². The Balaban J connectivity index is 1.71. The van der Waals surface area contributed by atoms with Crippen LogP contribution in [0.4, 0.5) is 14.5 Å². The van der Waals surface area contributed by atoms with Gasteiger partial charge in [0.05, 0.1) is 18.2 Å². The molecule has 1 aromatic heterocycles. The molecular formula is C16H16ClF2N3O5S. The Morgan fingerprint density at radius 3 is 2.64 bits per heavy atom. The minimum absolute atomic E-state index is 0.0101. The molecule has 1 aromatic carbocycles. The monoisotopic (exact) mass is 435 g/mol. The molecule has 12 heteroatoms. The van der Waals surface area contributed by atoms with E-state index in [0.29, 0.717) is 13.2 Å². The lowest BCUT2D eigenvalue weighted by molar-refractivity contribution is -0.0497. The van der Waals surface area contributed by atoms with Gasteiger partial charge in [0, 0.05) is 25.0 Å². The van der Waals surface area contributed by atoms with E-state index in [-0.39, 0.29) is 40.1 Å². The number of carbonyl (C=O) groups excluding carboxylic acids is 1. The van der Waals surface area contributed by atoms with Gasteiger partial charge in [0.2, 0.25) is 10.0 Å². The standard InChI is InChI=1S/C16H16ClF2N3O5S/c17-12-7-10(1-2-14(12)27-16(18)19)21-15(23)13-8-11(9-20-13)28(24,25)22-3-5-26-6-4-22/h1-2,7-9,16,20H,3-6H2,(H,21,23). The number of carbonyl (C=O) groups is 1. The summed E-state index contributed by atoms with van der Waals surface area (Å²) in [7, 11) is -3.74. The first-order valence-corrected chi connectivity index (χ1v) is 9.91. The smallest absolute Gasteiger partial charge is 0.387 e. The van der Waals surface area contributed by atoms with E-state index in [2.05, 4.69) is 15.0 Å². The molecule has 1 aliphatic heterocycles. The average Bonchev–Trinajstić information content (AvgIpc) is 3.16. The number of hydrogen-bond donors (Lipinski definition) is 2. The quantitative estimate of drug-likeness (QED) is 0.726. The number of ether oxygens (including phenoxy) is 2. The maximum Gasteiger partial charge on any atom is 0.387 e. The van der Waals surface area contributed by atoms with Crippen LogP contribution in [0.25, 0.3) is 0 Å². The lowest BCUT2D eigenvalue weighted by atomic mass is 10.3. The van der Waals surface area contributed by atoms with E-state index in [0.717, 1.165) is 0 Å². The maximum absolute atomic E-state index is 12.6. The molecule has 8 nitrogen and oxygen atoms in total. The van der Waals surface area contributed by atoms with E-state index in [9.17, 15) is 22.0 Å². The molecular weight excluding hydrogens is 420 g/mol. The molecule has 2 heterocycles. The van der Waals surface area contributed by atoms with Gasteiger partial charge in [-0.25, -0.2) is 8.42 Å². The van der Waals surface area contributed by atoms with Gasteiger partial charge in [-0.05, 0) is 24.3 Å². The fourth-order valence-electron chi connectivity index (χ4n) is 2.56. The molecule has 3 rings (SSSR count). The first-order valence-electron chi connectivity index (χ1n) is 8.09. The van der Waals surface area contributed by atoms with Gasteiger partial charge in [-0.2, -0.15) is 13.1 Å². The van der Waals surface area contributed by atoms with Crippen LogP contribution in [0.2, 0.25) is 5.02 Å². The minimum atomic E-state index is -3.74. The van der Waals surface area contributed by atoms with Crippen LogP contribution in [0.3, 0.4) is 0 Å². The second-order valence-corrected chi connectivity index (χ2v) is 8.09. The number of H-pyrrole nitrogens is 1. The number of benzene rings is 1. The lowest BCUT2D eigenvalue weighted by Gasteiger charge is -2.25. The molecule has 2 aromatic rings. The van der Waals surface area contributed by atoms with E-state index >= 15 is 0 Å². The Morgan fingerprint density at radius 1 is 1.29 bits per heavy atom. The first kappa shape index (κ1) is 20.5. The van der Waals surface area contributed by atoms with Crippen LogP contribution in [0.1, 0.15) is 10.5 Å². The number of hydrogen-bond acceptors (Lipinski definition) is 5. The molecule has 1 fully saturated rings. The molecule has 0 spiro atoms. The van der Waals surface area contributed by atoms with Gasteiger partial charge in [0.15, 0.2) is 0 Å². The van der Waals surface area contributed by atoms with Crippen LogP contribution < -0.4 is 10.1 Å². The molecule has 1 amide bonds. The van der Waals surface area contributed by atoms with Gasteiger partial charge >= 0.3 is 6.61 Å². The summed E-state index contributed by atoms with van der Waals surface area (Å²) in [5.41, 5.74) is 0.236. The third kappa shape index (κ3) is 4.61. The largest absolute Gasteiger partial charge is 0.433 e. The molecule has 0 saturated carbocycles. The number of alkyl halides is 2. The number of amides is 1. The Kier molecular flexibility index (Phi) is 6.18. The van der Waals surface area contributed by atoms with Crippen LogP contribution in [0.15, 0.2) is 35.4 Å². The Labute approximate surface area is 164 Å². The van der Waals surface area contributed by atoms with E-state index in [1.54, 1.807) is 0 Å². The number of sulfonamides is 1. The topological polar surface area (TPSA) is 101 Å². The molecule has 0 bridgehead atoms. The van der Waals surface area contributed by atoms with Crippen molar-refractivity contribution in [3.63, 3.8) is 0 Å². The summed E-state index contributed by atoms with van der Waals surface area (Å²) in [6, 6.07) is 4.98. The molecule has 28 heavy (non-hydrogen) atoms. The predicted octanol–water partition coefficient (Wildman–Crippen LogP) is 2.54. The number of aromatic amines is 1. The second-order valence-electron chi connectivity index (χ2n) is 5.74. The van der Waals surface area contributed by atoms with Gasteiger partial charge in [-0.15, -0.1) is 0 Å². The van der Waals surface area contributed by atoms with Crippen LogP contribution in [0.5, 0.6) is 5.75 Å². The lowest BCUT2D eigenvalue weighted by Crippen LogP contribution is -2.40. The molecule has 0 aliphatic carbocycles. The van der Waals surface area contributed by atoms with Crippen molar-refractivity contribution >= 4 is 33.2 Å². The number of aromatic nitrogens is 1. The van der Waals surface area contributed by atoms with Crippen molar-refractivity contribution in [1.82, 2.24) is 9.29 Å². The summed E-state index contributed by atoms with van der Waals surface area (Å²) < 4.78 is 60.3. The van der Waals surface area contributed by atoms with Crippen LogP contribution in [-0.4, -0.2) is 56.5 Å². The highest BCUT2D eigenvalue weighted by Gasteiger charge is 2.28. The maximum atomic E-state index is 12.6. The normalized spacial score (nSPS) is 15.6. The molecule has 0 atom stereocenters. The molecule has 0 radical (unpaired) electrons. The van der Waals surface area contributed by atoms with Gasteiger partial charge in [0.25, 0.3) is 5.91 Å². The van der Waals surface area contributed by atoms with Gasteiger partial charge < -0.3 is 19.8 Å². The Hall–Kier alpha value is -2.21. The number of rotatable bonds is 6. The summed E-state index contributed by atoms with van der Waals surface area (Å²) in [6.07, 6.45) is 1.23. The SMILES string of the molecule is O=C(Nc1ccc(OC(F)F)c(Cl)c1)c1cc(S(=O)(=O)N2CCOCC2)c[nH]1. The van der Waals surface area contributed by atoms with Crippen LogP contribution >= 0.6 is 11.6 Å². The van der Waals surface area contributed by atoms with Crippen LogP contribution in [-0.2, 0) is 14.8 Å². The first-order chi connectivity index (χ1) is 13.3. The van der Waals surface area contributed by atoms with Crippen molar-refractivity contribution in [3.8, 4) is 5.75 Å². The molecule has 1 saturated heterocycles. The number of morpholine rings is 1. The molecule has 152 valence electrons. The highest BCUT2D eigenvalue weighted by molar-refractivity contribution is 7.89. The number of nitrogens with one attached hydrogen (secondary N) is 2.